The molecule has 0 radical (unpaired) electrons. The number of amides is 1. The summed E-state index contributed by atoms with van der Waals surface area (Å²) in [6, 6.07) is 7.82. The summed E-state index contributed by atoms with van der Waals surface area (Å²) < 4.78 is 10.7. The lowest BCUT2D eigenvalue weighted by Crippen LogP contribution is -2.30. The maximum atomic E-state index is 11.9. The molecule has 5 nitrogen and oxygen atoms in total. The highest BCUT2D eigenvalue weighted by Gasteiger charge is 2.30. The van der Waals surface area contributed by atoms with Gasteiger partial charge < -0.3 is 14.8 Å². The van der Waals surface area contributed by atoms with Gasteiger partial charge in [-0.1, -0.05) is 13.0 Å². The molecule has 0 aliphatic carbocycles. The van der Waals surface area contributed by atoms with Crippen LogP contribution in [0.3, 0.4) is 0 Å². The Kier molecular flexibility index (Phi) is 3.76. The second kappa shape index (κ2) is 5.70. The Morgan fingerprint density at radius 2 is 2.24 bits per heavy atom. The summed E-state index contributed by atoms with van der Waals surface area (Å²) in [4.78, 5) is 11.9. The predicted molar refractivity (Wildman–Crippen MR) is 78.8 cm³/mol. The van der Waals surface area contributed by atoms with Gasteiger partial charge in [0.1, 0.15) is 0 Å². The fourth-order valence-electron chi connectivity index (χ4n) is 2.49. The molecule has 2 aliphatic rings. The van der Waals surface area contributed by atoms with Crippen LogP contribution in [0.4, 0.5) is 0 Å². The van der Waals surface area contributed by atoms with Crippen LogP contribution in [0.1, 0.15) is 24.8 Å². The summed E-state index contributed by atoms with van der Waals surface area (Å²) in [5.41, 5.74) is 1.51. The third-order valence-corrected chi connectivity index (χ3v) is 4.34. The van der Waals surface area contributed by atoms with Crippen molar-refractivity contribution in [3.63, 3.8) is 0 Å². The van der Waals surface area contributed by atoms with Gasteiger partial charge in [0, 0.05) is 12.3 Å². The number of thioether (sulfide) groups is 1. The molecule has 0 saturated carbocycles. The zero-order chi connectivity index (χ0) is 14.8. The van der Waals surface area contributed by atoms with E-state index < -0.39 is 0 Å². The molecule has 1 amide bonds. The van der Waals surface area contributed by atoms with E-state index in [0.29, 0.717) is 22.1 Å². The van der Waals surface area contributed by atoms with Gasteiger partial charge in [0.25, 0.3) is 0 Å². The van der Waals surface area contributed by atoms with Gasteiger partial charge in [-0.05, 0) is 23.4 Å². The van der Waals surface area contributed by atoms with Crippen molar-refractivity contribution in [2.24, 2.45) is 0 Å². The Balaban J connectivity index is 2.01. The number of nitrogens with one attached hydrogen (secondary N) is 1. The predicted octanol–water partition coefficient (Wildman–Crippen LogP) is 2.51. The van der Waals surface area contributed by atoms with Crippen molar-refractivity contribution >= 4 is 17.7 Å². The van der Waals surface area contributed by atoms with Crippen LogP contribution in [0.2, 0.25) is 0 Å². The maximum Gasteiger partial charge on any atom is 0.231 e. The number of benzene rings is 1. The van der Waals surface area contributed by atoms with Gasteiger partial charge in [0.2, 0.25) is 12.7 Å². The van der Waals surface area contributed by atoms with Crippen LogP contribution in [0, 0.1) is 11.3 Å². The third kappa shape index (κ3) is 2.57. The van der Waals surface area contributed by atoms with Crippen molar-refractivity contribution in [3.05, 3.63) is 34.4 Å². The molecule has 0 fully saturated rings. The minimum absolute atomic E-state index is 0.0624. The normalized spacial score (nSPS) is 20.2. The van der Waals surface area contributed by atoms with Crippen LogP contribution >= 0.6 is 11.8 Å². The average Bonchev–Trinajstić information content (AvgIpc) is 2.94. The van der Waals surface area contributed by atoms with Crippen LogP contribution in [-0.2, 0) is 4.79 Å². The highest BCUT2D eigenvalue weighted by Crippen LogP contribution is 2.40. The number of ether oxygens (including phenoxy) is 2. The topological polar surface area (TPSA) is 71.3 Å². The number of allylic oxidation sites excluding steroid dienone is 1. The summed E-state index contributed by atoms with van der Waals surface area (Å²) in [6.45, 7) is 2.20. The average molecular weight is 302 g/mol. The molecule has 2 heterocycles. The molecular weight excluding hydrogens is 288 g/mol. The van der Waals surface area contributed by atoms with E-state index in [1.807, 2.05) is 25.1 Å². The molecule has 0 spiro atoms. The number of nitrogens with zero attached hydrogens (tertiary/aromatic N) is 1. The molecule has 1 aromatic carbocycles. The molecule has 6 heteroatoms. The molecule has 1 N–H and O–H groups in total. The maximum absolute atomic E-state index is 11.9. The zero-order valence-electron chi connectivity index (χ0n) is 11.5. The summed E-state index contributed by atoms with van der Waals surface area (Å²) in [6.07, 6.45) is 0.274. The Morgan fingerprint density at radius 3 is 3.00 bits per heavy atom. The number of carbonyl (C=O) groups excluding carboxylic acids is 1. The van der Waals surface area contributed by atoms with Crippen LogP contribution in [0.15, 0.2) is 28.8 Å². The molecule has 108 valence electrons. The second-order valence-electron chi connectivity index (χ2n) is 4.71. The summed E-state index contributed by atoms with van der Waals surface area (Å²) in [5, 5.41) is 12.9. The number of carbonyl (C=O) groups is 1. The Hall–Kier alpha value is -2.13. The minimum Gasteiger partial charge on any atom is -0.454 e. The smallest absolute Gasteiger partial charge is 0.231 e. The molecule has 21 heavy (non-hydrogen) atoms. The largest absolute Gasteiger partial charge is 0.454 e. The lowest BCUT2D eigenvalue weighted by molar-refractivity contribution is -0.120. The van der Waals surface area contributed by atoms with E-state index in [1.54, 1.807) is 0 Å². The summed E-state index contributed by atoms with van der Waals surface area (Å²) >= 11 is 1.48. The molecule has 0 bridgehead atoms. The first-order valence-corrected chi connectivity index (χ1v) is 7.68. The van der Waals surface area contributed by atoms with Gasteiger partial charge in [-0.2, -0.15) is 5.26 Å². The molecular formula is C15H14N2O3S. The van der Waals surface area contributed by atoms with E-state index in [2.05, 4.69) is 11.4 Å². The van der Waals surface area contributed by atoms with Crippen LogP contribution in [-0.4, -0.2) is 18.5 Å². The standard InChI is InChI=1S/C15H14N2O3S/c1-2-21-15-11(7-16)10(6-14(18)17-15)9-3-4-12-13(5-9)20-8-19-12/h3-5,10H,2,6,8H2,1H3,(H,17,18)/t10-/m0/s1. The first-order valence-electron chi connectivity index (χ1n) is 6.69. The van der Waals surface area contributed by atoms with Crippen molar-refractivity contribution in [2.45, 2.75) is 19.3 Å². The number of fused-ring (bicyclic) bond motifs is 1. The molecule has 0 saturated heterocycles. The van der Waals surface area contributed by atoms with Crippen molar-refractivity contribution in [3.8, 4) is 17.6 Å². The molecule has 0 unspecified atom stereocenters. The first kappa shape index (κ1) is 13.8. The fourth-order valence-corrected chi connectivity index (χ4v) is 3.31. The molecule has 3 rings (SSSR count). The van der Waals surface area contributed by atoms with Crippen LogP contribution in [0.25, 0.3) is 0 Å². The number of hydrogen-bond acceptors (Lipinski definition) is 5. The SMILES string of the molecule is CCSC1=C(C#N)[C@H](c2ccc3c(c2)OCO3)CC(=O)N1. The van der Waals surface area contributed by atoms with Crippen molar-refractivity contribution < 1.29 is 14.3 Å². The monoisotopic (exact) mass is 302 g/mol. The molecule has 1 aromatic rings. The zero-order valence-corrected chi connectivity index (χ0v) is 12.3. The van der Waals surface area contributed by atoms with E-state index in [-0.39, 0.29) is 25.0 Å². The molecule has 2 aliphatic heterocycles. The minimum atomic E-state index is -0.229. The van der Waals surface area contributed by atoms with Gasteiger partial charge in [-0.15, -0.1) is 11.8 Å². The Labute approximate surface area is 126 Å². The van der Waals surface area contributed by atoms with Gasteiger partial charge in [0.15, 0.2) is 11.5 Å². The quantitative estimate of drug-likeness (QED) is 0.929. The first-order chi connectivity index (χ1) is 10.2. The number of hydrogen-bond donors (Lipinski definition) is 1. The lowest BCUT2D eigenvalue weighted by atomic mass is 9.87. The molecule has 1 atom stereocenters. The highest BCUT2D eigenvalue weighted by atomic mass is 32.2. The van der Waals surface area contributed by atoms with Crippen molar-refractivity contribution in [1.29, 1.82) is 5.26 Å². The number of nitriles is 1. The lowest BCUT2D eigenvalue weighted by Gasteiger charge is -2.25. The number of rotatable bonds is 3. The summed E-state index contributed by atoms with van der Waals surface area (Å²) in [7, 11) is 0. The summed E-state index contributed by atoms with van der Waals surface area (Å²) in [5.74, 6) is 1.87. The van der Waals surface area contributed by atoms with Crippen LogP contribution in [0.5, 0.6) is 11.5 Å². The van der Waals surface area contributed by atoms with E-state index in [1.165, 1.54) is 11.8 Å². The fraction of sp³-hybridized carbons (Fsp3) is 0.333. The van der Waals surface area contributed by atoms with Crippen molar-refractivity contribution in [1.82, 2.24) is 5.32 Å². The second-order valence-corrected chi connectivity index (χ2v) is 5.98. The van der Waals surface area contributed by atoms with Gasteiger partial charge in [-0.3, -0.25) is 4.79 Å². The Morgan fingerprint density at radius 1 is 1.43 bits per heavy atom. The van der Waals surface area contributed by atoms with Gasteiger partial charge in [-0.25, -0.2) is 0 Å². The highest BCUT2D eigenvalue weighted by molar-refractivity contribution is 8.03. The van der Waals surface area contributed by atoms with E-state index in [4.69, 9.17) is 9.47 Å². The van der Waals surface area contributed by atoms with E-state index >= 15 is 0 Å². The van der Waals surface area contributed by atoms with Crippen molar-refractivity contribution in [2.75, 3.05) is 12.5 Å². The third-order valence-electron chi connectivity index (χ3n) is 3.44. The Bertz CT molecular complexity index is 663. The van der Waals surface area contributed by atoms with Crippen LogP contribution < -0.4 is 14.8 Å². The van der Waals surface area contributed by atoms with Gasteiger partial charge >= 0.3 is 0 Å². The molecule has 0 aromatic heterocycles. The van der Waals surface area contributed by atoms with E-state index in [0.717, 1.165) is 11.3 Å². The van der Waals surface area contributed by atoms with Gasteiger partial charge in [0.05, 0.1) is 16.7 Å². The van der Waals surface area contributed by atoms with E-state index in [9.17, 15) is 10.1 Å².